The van der Waals surface area contributed by atoms with Crippen LogP contribution in [0.4, 0.5) is 5.95 Å². The summed E-state index contributed by atoms with van der Waals surface area (Å²) in [5.74, 6) is -0.0348. The summed E-state index contributed by atoms with van der Waals surface area (Å²) in [5.41, 5.74) is 0.781. The van der Waals surface area contributed by atoms with Crippen molar-refractivity contribution in [3.63, 3.8) is 0 Å². The van der Waals surface area contributed by atoms with E-state index in [0.717, 1.165) is 5.56 Å². The molecule has 0 saturated carbocycles. The Bertz CT molecular complexity index is 569. The highest BCUT2D eigenvalue weighted by molar-refractivity contribution is 6.32. The fraction of sp³-hybridized carbons (Fsp3) is 0. The van der Waals surface area contributed by atoms with Crippen LogP contribution in [0, 0.1) is 0 Å². The van der Waals surface area contributed by atoms with Crippen molar-refractivity contribution in [2.24, 2.45) is 0 Å². The van der Waals surface area contributed by atoms with Crippen LogP contribution in [0.25, 0.3) is 6.08 Å². The van der Waals surface area contributed by atoms with Gasteiger partial charge in [0.05, 0.1) is 0 Å². The van der Waals surface area contributed by atoms with E-state index in [1.54, 1.807) is 30.6 Å². The molecule has 0 aliphatic heterocycles. The van der Waals surface area contributed by atoms with Crippen LogP contribution in [-0.2, 0) is 4.79 Å². The Kier molecular flexibility index (Phi) is 4.04. The number of hydrogen-bond acceptors (Lipinski definition) is 3. The molecule has 0 bridgehead atoms. The minimum atomic E-state index is -0.305. The molecule has 1 heterocycles. The van der Waals surface area contributed by atoms with Crippen LogP contribution < -0.4 is 5.32 Å². The first kappa shape index (κ1) is 12.3. The summed E-state index contributed by atoms with van der Waals surface area (Å²) in [6.45, 7) is 0. The lowest BCUT2D eigenvalue weighted by Crippen LogP contribution is -2.10. The molecule has 90 valence electrons. The maximum atomic E-state index is 11.6. The predicted octanol–water partition coefficient (Wildman–Crippen LogP) is 2.78. The Balaban J connectivity index is 2.02. The maximum Gasteiger partial charge on any atom is 0.250 e. The molecular weight excluding hydrogens is 250 g/mol. The average molecular weight is 260 g/mol. The second kappa shape index (κ2) is 5.93. The standard InChI is InChI=1S/C13H10ClN3O/c14-11-5-2-1-4-10(11)6-7-12(18)17-13-15-8-3-9-16-13/h1-9H,(H,15,16,17,18). The van der Waals surface area contributed by atoms with E-state index in [9.17, 15) is 4.79 Å². The number of nitrogens with one attached hydrogen (secondary N) is 1. The predicted molar refractivity (Wildman–Crippen MR) is 71.1 cm³/mol. The van der Waals surface area contributed by atoms with Gasteiger partial charge in [0.2, 0.25) is 5.95 Å². The molecule has 0 fully saturated rings. The summed E-state index contributed by atoms with van der Waals surface area (Å²) in [7, 11) is 0. The molecule has 18 heavy (non-hydrogen) atoms. The van der Waals surface area contributed by atoms with Crippen LogP contribution in [0.5, 0.6) is 0 Å². The number of carbonyl (C=O) groups excluding carboxylic acids is 1. The van der Waals surface area contributed by atoms with Gasteiger partial charge in [-0.2, -0.15) is 0 Å². The Morgan fingerprint density at radius 2 is 1.89 bits per heavy atom. The molecule has 0 aliphatic rings. The molecule has 0 aliphatic carbocycles. The van der Waals surface area contributed by atoms with E-state index < -0.39 is 0 Å². The zero-order valence-electron chi connectivity index (χ0n) is 9.38. The largest absolute Gasteiger partial charge is 0.291 e. The van der Waals surface area contributed by atoms with Crippen molar-refractivity contribution in [3.05, 3.63) is 59.4 Å². The molecule has 1 aromatic heterocycles. The van der Waals surface area contributed by atoms with Gasteiger partial charge in [-0.3, -0.25) is 10.1 Å². The summed E-state index contributed by atoms with van der Waals surface area (Å²) in [5, 5.41) is 3.14. The molecule has 0 atom stereocenters. The average Bonchev–Trinajstić information content (AvgIpc) is 2.39. The Morgan fingerprint density at radius 3 is 2.61 bits per heavy atom. The van der Waals surface area contributed by atoms with Crippen LogP contribution in [-0.4, -0.2) is 15.9 Å². The Morgan fingerprint density at radius 1 is 1.17 bits per heavy atom. The van der Waals surface area contributed by atoms with Crippen LogP contribution in [0.1, 0.15) is 5.56 Å². The summed E-state index contributed by atoms with van der Waals surface area (Å²) < 4.78 is 0. The molecular formula is C13H10ClN3O. The molecule has 0 saturated heterocycles. The van der Waals surface area contributed by atoms with E-state index in [4.69, 9.17) is 11.6 Å². The van der Waals surface area contributed by atoms with E-state index in [2.05, 4.69) is 15.3 Å². The number of nitrogens with zero attached hydrogens (tertiary/aromatic N) is 2. The van der Waals surface area contributed by atoms with Crippen molar-refractivity contribution >= 4 is 29.5 Å². The molecule has 0 spiro atoms. The van der Waals surface area contributed by atoms with Crippen LogP contribution in [0.3, 0.4) is 0 Å². The van der Waals surface area contributed by atoms with Crippen LogP contribution >= 0.6 is 11.6 Å². The van der Waals surface area contributed by atoms with Crippen molar-refractivity contribution in [1.29, 1.82) is 0 Å². The molecule has 1 amide bonds. The Labute approximate surface area is 109 Å². The van der Waals surface area contributed by atoms with Gasteiger partial charge >= 0.3 is 0 Å². The van der Waals surface area contributed by atoms with Gasteiger partial charge in [-0.05, 0) is 23.8 Å². The van der Waals surface area contributed by atoms with Gasteiger partial charge in [-0.15, -0.1) is 0 Å². The van der Waals surface area contributed by atoms with Crippen molar-refractivity contribution in [3.8, 4) is 0 Å². The highest BCUT2D eigenvalue weighted by Gasteiger charge is 1.99. The summed E-state index contributed by atoms with van der Waals surface area (Å²) in [6, 6.07) is 8.95. The highest BCUT2D eigenvalue weighted by atomic mass is 35.5. The smallest absolute Gasteiger partial charge is 0.250 e. The minimum Gasteiger partial charge on any atom is -0.291 e. The van der Waals surface area contributed by atoms with Gasteiger partial charge in [-0.25, -0.2) is 9.97 Å². The number of rotatable bonds is 3. The van der Waals surface area contributed by atoms with Crippen molar-refractivity contribution in [2.45, 2.75) is 0 Å². The van der Waals surface area contributed by atoms with Gasteiger partial charge in [0, 0.05) is 23.5 Å². The van der Waals surface area contributed by atoms with Crippen molar-refractivity contribution in [1.82, 2.24) is 9.97 Å². The number of amides is 1. The zero-order chi connectivity index (χ0) is 12.8. The number of halogens is 1. The van der Waals surface area contributed by atoms with E-state index in [-0.39, 0.29) is 11.9 Å². The maximum absolute atomic E-state index is 11.6. The van der Waals surface area contributed by atoms with Gasteiger partial charge in [0.1, 0.15) is 0 Å². The van der Waals surface area contributed by atoms with E-state index in [1.165, 1.54) is 6.08 Å². The minimum absolute atomic E-state index is 0.270. The number of anilines is 1. The van der Waals surface area contributed by atoms with Crippen LogP contribution in [0.15, 0.2) is 48.8 Å². The first-order valence-corrected chi connectivity index (χ1v) is 5.64. The van der Waals surface area contributed by atoms with E-state index in [1.807, 2.05) is 18.2 Å². The number of aromatic nitrogens is 2. The van der Waals surface area contributed by atoms with Gasteiger partial charge in [0.15, 0.2) is 0 Å². The number of hydrogen-bond donors (Lipinski definition) is 1. The number of benzene rings is 1. The molecule has 2 rings (SSSR count). The second-order valence-electron chi connectivity index (χ2n) is 3.42. The number of carbonyl (C=O) groups is 1. The third kappa shape index (κ3) is 3.40. The SMILES string of the molecule is O=C(C=Cc1ccccc1Cl)Nc1ncccn1. The molecule has 4 nitrogen and oxygen atoms in total. The Hall–Kier alpha value is -2.20. The molecule has 1 aromatic carbocycles. The fourth-order valence-corrected chi connectivity index (χ4v) is 1.49. The van der Waals surface area contributed by atoms with Gasteiger partial charge in [0.25, 0.3) is 5.91 Å². The van der Waals surface area contributed by atoms with E-state index in [0.29, 0.717) is 5.02 Å². The lowest BCUT2D eigenvalue weighted by molar-refractivity contribution is -0.111. The molecule has 1 N–H and O–H groups in total. The van der Waals surface area contributed by atoms with E-state index >= 15 is 0 Å². The quantitative estimate of drug-likeness (QED) is 0.863. The highest BCUT2D eigenvalue weighted by Crippen LogP contribution is 2.16. The fourth-order valence-electron chi connectivity index (χ4n) is 1.29. The van der Waals surface area contributed by atoms with Crippen LogP contribution in [0.2, 0.25) is 5.02 Å². The van der Waals surface area contributed by atoms with Crippen molar-refractivity contribution < 1.29 is 4.79 Å². The lowest BCUT2D eigenvalue weighted by Gasteiger charge is -1.99. The zero-order valence-corrected chi connectivity index (χ0v) is 10.1. The molecule has 5 heteroatoms. The first-order valence-electron chi connectivity index (χ1n) is 5.26. The van der Waals surface area contributed by atoms with Crippen molar-refractivity contribution in [2.75, 3.05) is 5.32 Å². The van der Waals surface area contributed by atoms with Gasteiger partial charge in [-0.1, -0.05) is 29.8 Å². The topological polar surface area (TPSA) is 54.9 Å². The first-order chi connectivity index (χ1) is 8.75. The normalized spacial score (nSPS) is 10.5. The molecule has 0 radical (unpaired) electrons. The third-order valence-electron chi connectivity index (χ3n) is 2.12. The monoisotopic (exact) mass is 259 g/mol. The summed E-state index contributed by atoms with van der Waals surface area (Å²) in [6.07, 6.45) is 6.14. The third-order valence-corrected chi connectivity index (χ3v) is 2.46. The molecule has 0 unspecified atom stereocenters. The van der Waals surface area contributed by atoms with Gasteiger partial charge < -0.3 is 0 Å². The molecule has 2 aromatic rings. The lowest BCUT2D eigenvalue weighted by atomic mass is 10.2. The second-order valence-corrected chi connectivity index (χ2v) is 3.82. The summed E-state index contributed by atoms with van der Waals surface area (Å²) in [4.78, 5) is 19.4. The summed E-state index contributed by atoms with van der Waals surface area (Å²) >= 11 is 5.96.